The molecule has 0 spiro atoms. The highest BCUT2D eigenvalue weighted by atomic mass is 16.4. The molecule has 2 aromatic heterocycles. The number of hydrogen-bond donors (Lipinski definition) is 1. The molecule has 0 aliphatic heterocycles. The van der Waals surface area contributed by atoms with Gasteiger partial charge in [-0.1, -0.05) is 13.8 Å². The fourth-order valence-corrected chi connectivity index (χ4v) is 1.83. The predicted molar refractivity (Wildman–Crippen MR) is 75.8 cm³/mol. The first-order valence-electron chi connectivity index (χ1n) is 6.86. The molecule has 20 heavy (non-hydrogen) atoms. The molecule has 1 atom stereocenters. The normalized spacial score (nSPS) is 13.3. The standard InChI is InChI=1S/C14H22N4O2/c1-10(2)11(15)6-7-18(3)9-13-16-17-14(20-13)12-5-4-8-19-12/h4-5,8,10-11H,6-7,9,15H2,1-3H3. The van der Waals surface area contributed by atoms with E-state index in [1.165, 1.54) is 0 Å². The van der Waals surface area contributed by atoms with Gasteiger partial charge in [-0.3, -0.25) is 4.90 Å². The molecular formula is C14H22N4O2. The van der Waals surface area contributed by atoms with Gasteiger partial charge >= 0.3 is 0 Å². The first-order chi connectivity index (χ1) is 9.56. The summed E-state index contributed by atoms with van der Waals surface area (Å²) in [6.45, 7) is 5.78. The highest BCUT2D eigenvalue weighted by molar-refractivity contribution is 5.42. The van der Waals surface area contributed by atoms with E-state index in [1.807, 2.05) is 7.05 Å². The number of nitrogens with two attached hydrogens (primary N) is 1. The molecule has 2 aromatic rings. The van der Waals surface area contributed by atoms with Crippen molar-refractivity contribution in [1.82, 2.24) is 15.1 Å². The van der Waals surface area contributed by atoms with Gasteiger partial charge in [0.2, 0.25) is 5.89 Å². The Balaban J connectivity index is 1.84. The Kier molecular flexibility index (Phi) is 4.92. The third-order valence-electron chi connectivity index (χ3n) is 3.30. The third-order valence-corrected chi connectivity index (χ3v) is 3.30. The van der Waals surface area contributed by atoms with Crippen LogP contribution in [0.4, 0.5) is 0 Å². The quantitative estimate of drug-likeness (QED) is 0.835. The zero-order valence-corrected chi connectivity index (χ0v) is 12.2. The van der Waals surface area contributed by atoms with Crippen LogP contribution >= 0.6 is 0 Å². The average Bonchev–Trinajstić information content (AvgIpc) is 3.05. The molecule has 2 rings (SSSR count). The molecule has 0 aliphatic rings. The topological polar surface area (TPSA) is 81.3 Å². The summed E-state index contributed by atoms with van der Waals surface area (Å²) in [5, 5.41) is 8.00. The molecule has 0 amide bonds. The van der Waals surface area contributed by atoms with E-state index in [-0.39, 0.29) is 6.04 Å². The van der Waals surface area contributed by atoms with E-state index in [2.05, 4.69) is 28.9 Å². The van der Waals surface area contributed by atoms with Gasteiger partial charge in [0, 0.05) is 6.04 Å². The minimum Gasteiger partial charge on any atom is -0.459 e. The summed E-state index contributed by atoms with van der Waals surface area (Å²) in [5.74, 6) is 2.08. The van der Waals surface area contributed by atoms with E-state index in [1.54, 1.807) is 18.4 Å². The van der Waals surface area contributed by atoms with Crippen molar-refractivity contribution in [2.75, 3.05) is 13.6 Å². The van der Waals surface area contributed by atoms with Crippen molar-refractivity contribution >= 4 is 0 Å². The van der Waals surface area contributed by atoms with Crippen molar-refractivity contribution in [3.05, 3.63) is 24.3 Å². The molecule has 1 unspecified atom stereocenters. The van der Waals surface area contributed by atoms with E-state index >= 15 is 0 Å². The van der Waals surface area contributed by atoms with Crippen molar-refractivity contribution in [2.24, 2.45) is 11.7 Å². The zero-order valence-electron chi connectivity index (χ0n) is 12.2. The molecule has 0 fully saturated rings. The van der Waals surface area contributed by atoms with E-state index < -0.39 is 0 Å². The lowest BCUT2D eigenvalue weighted by Crippen LogP contribution is -2.31. The van der Waals surface area contributed by atoms with Crippen LogP contribution in [0.2, 0.25) is 0 Å². The lowest BCUT2D eigenvalue weighted by atomic mass is 10.0. The van der Waals surface area contributed by atoms with Gasteiger partial charge in [0.15, 0.2) is 5.76 Å². The van der Waals surface area contributed by atoms with Gasteiger partial charge in [-0.25, -0.2) is 0 Å². The van der Waals surface area contributed by atoms with Gasteiger partial charge in [0.25, 0.3) is 5.89 Å². The summed E-state index contributed by atoms with van der Waals surface area (Å²) in [4.78, 5) is 2.13. The average molecular weight is 278 g/mol. The van der Waals surface area contributed by atoms with Gasteiger partial charge < -0.3 is 14.6 Å². The molecule has 6 heteroatoms. The molecule has 110 valence electrons. The highest BCUT2D eigenvalue weighted by Crippen LogP contribution is 2.18. The predicted octanol–water partition coefficient (Wildman–Crippen LogP) is 2.13. The minimum atomic E-state index is 0.221. The monoisotopic (exact) mass is 278 g/mol. The van der Waals surface area contributed by atoms with Crippen molar-refractivity contribution in [3.63, 3.8) is 0 Å². The lowest BCUT2D eigenvalue weighted by molar-refractivity contribution is 0.269. The molecule has 0 bridgehead atoms. The van der Waals surface area contributed by atoms with E-state index in [9.17, 15) is 0 Å². The van der Waals surface area contributed by atoms with Crippen LogP contribution in [0.5, 0.6) is 0 Å². The Morgan fingerprint density at radius 1 is 1.35 bits per heavy atom. The van der Waals surface area contributed by atoms with E-state index in [0.717, 1.165) is 13.0 Å². The Hall–Kier alpha value is -1.66. The maximum atomic E-state index is 6.04. The Bertz CT molecular complexity index is 507. The number of hydrogen-bond acceptors (Lipinski definition) is 6. The summed E-state index contributed by atoms with van der Waals surface area (Å²) in [5.41, 5.74) is 6.04. The van der Waals surface area contributed by atoms with Crippen LogP contribution < -0.4 is 5.73 Å². The molecule has 6 nitrogen and oxygen atoms in total. The summed E-state index contributed by atoms with van der Waals surface area (Å²) in [7, 11) is 2.02. The lowest BCUT2D eigenvalue weighted by Gasteiger charge is -2.19. The number of rotatable bonds is 7. The van der Waals surface area contributed by atoms with Crippen LogP contribution in [-0.2, 0) is 6.54 Å². The highest BCUT2D eigenvalue weighted by Gasteiger charge is 2.13. The van der Waals surface area contributed by atoms with Crippen LogP contribution in [0.25, 0.3) is 11.7 Å². The zero-order chi connectivity index (χ0) is 14.5. The number of nitrogens with zero attached hydrogens (tertiary/aromatic N) is 3. The van der Waals surface area contributed by atoms with Crippen LogP contribution in [0.1, 0.15) is 26.2 Å². The largest absolute Gasteiger partial charge is 0.459 e. The second kappa shape index (κ2) is 6.67. The fourth-order valence-electron chi connectivity index (χ4n) is 1.83. The smallest absolute Gasteiger partial charge is 0.283 e. The molecule has 2 heterocycles. The summed E-state index contributed by atoms with van der Waals surface area (Å²) < 4.78 is 10.8. The maximum absolute atomic E-state index is 6.04. The molecule has 0 radical (unpaired) electrons. The molecule has 0 saturated heterocycles. The van der Waals surface area contributed by atoms with Gasteiger partial charge in [0.1, 0.15) is 0 Å². The first-order valence-corrected chi connectivity index (χ1v) is 6.86. The number of aromatic nitrogens is 2. The van der Waals surface area contributed by atoms with Gasteiger partial charge in [-0.05, 0) is 38.1 Å². The van der Waals surface area contributed by atoms with E-state index in [4.69, 9.17) is 14.6 Å². The van der Waals surface area contributed by atoms with Gasteiger partial charge in [-0.2, -0.15) is 0 Å². The molecular weight excluding hydrogens is 256 g/mol. The van der Waals surface area contributed by atoms with E-state index in [0.29, 0.717) is 30.0 Å². The SMILES string of the molecule is CC(C)C(N)CCN(C)Cc1nnc(-c2ccco2)o1. The molecule has 0 aliphatic carbocycles. The molecule has 2 N–H and O–H groups in total. The Labute approximate surface area is 119 Å². The van der Waals surface area contributed by atoms with Crippen LogP contribution in [0, 0.1) is 5.92 Å². The summed E-state index contributed by atoms with van der Waals surface area (Å²) in [6, 6.07) is 3.81. The van der Waals surface area contributed by atoms with Crippen LogP contribution in [-0.4, -0.2) is 34.7 Å². The second-order valence-corrected chi connectivity index (χ2v) is 5.41. The van der Waals surface area contributed by atoms with Crippen LogP contribution in [0.3, 0.4) is 0 Å². The van der Waals surface area contributed by atoms with Gasteiger partial charge in [-0.15, -0.1) is 10.2 Å². The van der Waals surface area contributed by atoms with Crippen molar-refractivity contribution in [3.8, 4) is 11.7 Å². The Morgan fingerprint density at radius 3 is 2.80 bits per heavy atom. The molecule has 0 aromatic carbocycles. The van der Waals surface area contributed by atoms with Crippen molar-refractivity contribution in [1.29, 1.82) is 0 Å². The maximum Gasteiger partial charge on any atom is 0.283 e. The summed E-state index contributed by atoms with van der Waals surface area (Å²) in [6.07, 6.45) is 2.53. The number of furan rings is 1. The third kappa shape index (κ3) is 3.91. The summed E-state index contributed by atoms with van der Waals surface area (Å²) >= 11 is 0. The van der Waals surface area contributed by atoms with Gasteiger partial charge in [0.05, 0.1) is 12.8 Å². The first kappa shape index (κ1) is 14.7. The Morgan fingerprint density at radius 2 is 2.15 bits per heavy atom. The fraction of sp³-hybridized carbons (Fsp3) is 0.571. The molecule has 0 saturated carbocycles. The van der Waals surface area contributed by atoms with Crippen molar-refractivity contribution < 1.29 is 8.83 Å². The second-order valence-electron chi connectivity index (χ2n) is 5.41. The van der Waals surface area contributed by atoms with Crippen molar-refractivity contribution in [2.45, 2.75) is 32.9 Å². The van der Waals surface area contributed by atoms with Crippen LogP contribution in [0.15, 0.2) is 27.2 Å². The minimum absolute atomic E-state index is 0.221.